The molecular weight excluding hydrogens is 164 g/mol. The van der Waals surface area contributed by atoms with Crippen molar-refractivity contribution in [3.63, 3.8) is 0 Å². The average molecular weight is 180 g/mol. The zero-order valence-corrected chi connectivity index (χ0v) is 7.94. The van der Waals surface area contributed by atoms with Gasteiger partial charge in [0.05, 0.1) is 12.5 Å². The van der Waals surface area contributed by atoms with E-state index in [0.29, 0.717) is 6.54 Å². The summed E-state index contributed by atoms with van der Waals surface area (Å²) in [6, 6.07) is 1.98. The van der Waals surface area contributed by atoms with Gasteiger partial charge in [0, 0.05) is 25.2 Å². The Morgan fingerprint density at radius 2 is 2.38 bits per heavy atom. The molecule has 0 unspecified atom stereocenters. The van der Waals surface area contributed by atoms with Gasteiger partial charge in [-0.25, -0.2) is 0 Å². The van der Waals surface area contributed by atoms with E-state index in [4.69, 9.17) is 10.2 Å². The van der Waals surface area contributed by atoms with Crippen LogP contribution in [0.3, 0.4) is 0 Å². The number of hydrogen-bond donors (Lipinski definition) is 1. The minimum atomic E-state index is 0.611. The van der Waals surface area contributed by atoms with Crippen LogP contribution in [0.1, 0.15) is 5.56 Å². The lowest BCUT2D eigenvalue weighted by atomic mass is 10.3. The van der Waals surface area contributed by atoms with Crippen molar-refractivity contribution in [3.8, 4) is 0 Å². The van der Waals surface area contributed by atoms with Gasteiger partial charge in [0.15, 0.2) is 0 Å². The molecule has 1 aromatic rings. The molecule has 0 aliphatic rings. The number of nitrogens with zero attached hydrogens (tertiary/aromatic N) is 1. The molecule has 0 amide bonds. The molecule has 0 saturated carbocycles. The Balaban J connectivity index is 2.25. The summed E-state index contributed by atoms with van der Waals surface area (Å²) < 4.78 is 4.98. The van der Waals surface area contributed by atoms with E-state index in [0.717, 1.165) is 13.1 Å². The third kappa shape index (κ3) is 3.92. The third-order valence-corrected chi connectivity index (χ3v) is 1.75. The molecule has 0 spiro atoms. The van der Waals surface area contributed by atoms with Gasteiger partial charge in [-0.05, 0) is 13.1 Å². The van der Waals surface area contributed by atoms with Gasteiger partial charge in [-0.3, -0.25) is 4.90 Å². The molecule has 0 saturated heterocycles. The van der Waals surface area contributed by atoms with Crippen molar-refractivity contribution in [1.29, 1.82) is 0 Å². The summed E-state index contributed by atoms with van der Waals surface area (Å²) in [4.78, 5) is 2.19. The standard InChI is InChI=1S/C10H16N2O/c1-12(6-3-2-5-11)8-10-4-7-13-9-10/h2-4,7,9H,5-6,8,11H2,1H3. The minimum absolute atomic E-state index is 0.611. The van der Waals surface area contributed by atoms with Crippen molar-refractivity contribution in [2.75, 3.05) is 20.1 Å². The Labute approximate surface area is 78.8 Å². The highest BCUT2D eigenvalue weighted by Gasteiger charge is 1.98. The maximum absolute atomic E-state index is 5.33. The molecule has 72 valence electrons. The molecule has 0 radical (unpaired) electrons. The predicted octanol–water partition coefficient (Wildman–Crippen LogP) is 1.23. The lowest BCUT2D eigenvalue weighted by Crippen LogP contribution is -2.17. The van der Waals surface area contributed by atoms with Gasteiger partial charge in [-0.15, -0.1) is 0 Å². The molecule has 2 N–H and O–H groups in total. The van der Waals surface area contributed by atoms with Gasteiger partial charge in [0.1, 0.15) is 0 Å². The topological polar surface area (TPSA) is 42.4 Å². The molecule has 1 rings (SSSR count). The summed E-state index contributed by atoms with van der Waals surface area (Å²) in [6.07, 6.45) is 7.49. The highest BCUT2D eigenvalue weighted by molar-refractivity contribution is 5.04. The summed E-state index contributed by atoms with van der Waals surface area (Å²) in [6.45, 7) is 2.44. The van der Waals surface area contributed by atoms with Crippen LogP contribution >= 0.6 is 0 Å². The Kier molecular flexibility index (Phi) is 4.29. The first-order valence-electron chi connectivity index (χ1n) is 4.37. The minimum Gasteiger partial charge on any atom is -0.472 e. The van der Waals surface area contributed by atoms with Crippen molar-refractivity contribution in [2.45, 2.75) is 6.54 Å². The van der Waals surface area contributed by atoms with Gasteiger partial charge >= 0.3 is 0 Å². The molecule has 0 aliphatic carbocycles. The summed E-state index contributed by atoms with van der Waals surface area (Å²) in [5, 5.41) is 0. The van der Waals surface area contributed by atoms with E-state index in [9.17, 15) is 0 Å². The SMILES string of the molecule is CN(CC=CCN)Cc1ccoc1. The van der Waals surface area contributed by atoms with Crippen LogP contribution in [0.15, 0.2) is 35.2 Å². The summed E-state index contributed by atoms with van der Waals surface area (Å²) in [5.41, 5.74) is 6.53. The van der Waals surface area contributed by atoms with Crippen molar-refractivity contribution < 1.29 is 4.42 Å². The van der Waals surface area contributed by atoms with Crippen molar-refractivity contribution in [2.24, 2.45) is 5.73 Å². The monoisotopic (exact) mass is 180 g/mol. The number of likely N-dealkylation sites (N-methyl/N-ethyl adjacent to an activating group) is 1. The van der Waals surface area contributed by atoms with Gasteiger partial charge in [0.25, 0.3) is 0 Å². The van der Waals surface area contributed by atoms with Gasteiger partial charge in [-0.2, -0.15) is 0 Å². The van der Waals surface area contributed by atoms with E-state index >= 15 is 0 Å². The fraction of sp³-hybridized carbons (Fsp3) is 0.400. The van der Waals surface area contributed by atoms with Crippen LogP contribution in [0.5, 0.6) is 0 Å². The zero-order chi connectivity index (χ0) is 9.52. The highest BCUT2D eigenvalue weighted by Crippen LogP contribution is 2.02. The van der Waals surface area contributed by atoms with Crippen molar-refractivity contribution in [1.82, 2.24) is 4.90 Å². The molecule has 0 bridgehead atoms. The quantitative estimate of drug-likeness (QED) is 0.693. The molecule has 3 heteroatoms. The second-order valence-corrected chi connectivity index (χ2v) is 3.04. The number of furan rings is 1. The van der Waals surface area contributed by atoms with Gasteiger partial charge < -0.3 is 10.2 Å². The lowest BCUT2D eigenvalue weighted by molar-refractivity contribution is 0.361. The van der Waals surface area contributed by atoms with Crippen molar-refractivity contribution in [3.05, 3.63) is 36.3 Å². The first-order chi connectivity index (χ1) is 6.33. The zero-order valence-electron chi connectivity index (χ0n) is 7.94. The van der Waals surface area contributed by atoms with Crippen LogP contribution in [0, 0.1) is 0 Å². The molecule has 0 aromatic carbocycles. The van der Waals surface area contributed by atoms with Crippen LogP contribution < -0.4 is 5.73 Å². The van der Waals surface area contributed by atoms with Crippen LogP contribution in [-0.2, 0) is 6.54 Å². The second kappa shape index (κ2) is 5.56. The van der Waals surface area contributed by atoms with Crippen LogP contribution in [0.25, 0.3) is 0 Å². The smallest absolute Gasteiger partial charge is 0.0947 e. The summed E-state index contributed by atoms with van der Waals surface area (Å²) in [5.74, 6) is 0. The molecule has 0 aliphatic heterocycles. The van der Waals surface area contributed by atoms with E-state index < -0.39 is 0 Å². The summed E-state index contributed by atoms with van der Waals surface area (Å²) >= 11 is 0. The van der Waals surface area contributed by atoms with Gasteiger partial charge in [-0.1, -0.05) is 12.2 Å². The van der Waals surface area contributed by atoms with Gasteiger partial charge in [0.2, 0.25) is 0 Å². The fourth-order valence-electron chi connectivity index (χ4n) is 1.11. The van der Waals surface area contributed by atoms with E-state index in [1.54, 1.807) is 12.5 Å². The first kappa shape index (κ1) is 10.0. The first-order valence-corrected chi connectivity index (χ1v) is 4.37. The number of nitrogens with two attached hydrogens (primary N) is 1. The van der Waals surface area contributed by atoms with Crippen molar-refractivity contribution >= 4 is 0 Å². The Bertz CT molecular complexity index is 241. The largest absolute Gasteiger partial charge is 0.472 e. The molecule has 13 heavy (non-hydrogen) atoms. The van der Waals surface area contributed by atoms with Crippen LogP contribution in [0.4, 0.5) is 0 Å². The maximum atomic E-state index is 5.33. The molecule has 1 aromatic heterocycles. The molecule has 0 atom stereocenters. The van der Waals surface area contributed by atoms with E-state index in [1.807, 2.05) is 12.1 Å². The number of hydrogen-bond acceptors (Lipinski definition) is 3. The molecule has 1 heterocycles. The maximum Gasteiger partial charge on any atom is 0.0947 e. The van der Waals surface area contributed by atoms with E-state index in [-0.39, 0.29) is 0 Å². The van der Waals surface area contributed by atoms with Crippen LogP contribution in [0.2, 0.25) is 0 Å². The molecule has 0 fully saturated rings. The van der Waals surface area contributed by atoms with Crippen LogP contribution in [-0.4, -0.2) is 25.0 Å². The summed E-state index contributed by atoms with van der Waals surface area (Å²) in [7, 11) is 2.06. The highest BCUT2D eigenvalue weighted by atomic mass is 16.3. The van der Waals surface area contributed by atoms with E-state index in [1.165, 1.54) is 5.56 Å². The number of rotatable bonds is 5. The fourth-order valence-corrected chi connectivity index (χ4v) is 1.11. The normalized spacial score (nSPS) is 11.6. The molecule has 3 nitrogen and oxygen atoms in total. The van der Waals surface area contributed by atoms with E-state index in [2.05, 4.69) is 18.0 Å². The average Bonchev–Trinajstić information content (AvgIpc) is 2.57. The second-order valence-electron chi connectivity index (χ2n) is 3.04. The predicted molar refractivity (Wildman–Crippen MR) is 53.2 cm³/mol. The third-order valence-electron chi connectivity index (χ3n) is 1.75. The molecular formula is C10H16N2O. The Morgan fingerprint density at radius 1 is 1.54 bits per heavy atom. The Hall–Kier alpha value is -1.06. The lowest BCUT2D eigenvalue weighted by Gasteiger charge is -2.12. The Morgan fingerprint density at radius 3 is 3.00 bits per heavy atom.